The third kappa shape index (κ3) is 3.08. The van der Waals surface area contributed by atoms with Crippen LogP contribution in [0.15, 0.2) is 0 Å². The van der Waals surface area contributed by atoms with Crippen LogP contribution in [0.25, 0.3) is 0 Å². The lowest BCUT2D eigenvalue weighted by molar-refractivity contribution is -0.127. The Labute approximate surface area is 86.9 Å². The molecular weight excluding hydrogens is 207 g/mol. The van der Waals surface area contributed by atoms with E-state index < -0.39 is 18.3 Å². The van der Waals surface area contributed by atoms with Crippen LogP contribution in [0, 0.1) is 11.3 Å². The van der Waals surface area contributed by atoms with Crippen molar-refractivity contribution in [3.05, 3.63) is 0 Å². The molecule has 0 aliphatic carbocycles. The molecule has 86 valence electrons. The Balaban J connectivity index is 2.61. The molecular formula is C9H14F3N3. The molecule has 2 unspecified atom stereocenters. The van der Waals surface area contributed by atoms with Gasteiger partial charge in [-0.3, -0.25) is 5.32 Å². The van der Waals surface area contributed by atoms with Gasteiger partial charge in [0, 0.05) is 12.6 Å². The Kier molecular flexibility index (Phi) is 3.26. The number of nitrogens with one attached hydrogen (secondary N) is 1. The number of rotatable bonds is 2. The summed E-state index contributed by atoms with van der Waals surface area (Å²) >= 11 is 0. The molecule has 0 amide bonds. The molecule has 0 spiro atoms. The van der Waals surface area contributed by atoms with Crippen LogP contribution in [0.5, 0.6) is 0 Å². The van der Waals surface area contributed by atoms with Crippen LogP contribution >= 0.6 is 0 Å². The maximum atomic E-state index is 12.0. The molecule has 6 heteroatoms. The highest BCUT2D eigenvalue weighted by Crippen LogP contribution is 2.26. The summed E-state index contributed by atoms with van der Waals surface area (Å²) in [5.74, 6) is 0. The van der Waals surface area contributed by atoms with Crippen molar-refractivity contribution in [3.63, 3.8) is 0 Å². The normalized spacial score (nSPS) is 32.9. The van der Waals surface area contributed by atoms with Gasteiger partial charge in [0.25, 0.3) is 0 Å². The van der Waals surface area contributed by atoms with E-state index in [1.807, 2.05) is 17.9 Å². The van der Waals surface area contributed by atoms with E-state index in [1.165, 1.54) is 0 Å². The first kappa shape index (κ1) is 12.3. The Morgan fingerprint density at radius 1 is 1.60 bits per heavy atom. The van der Waals surface area contributed by atoms with Gasteiger partial charge in [0.05, 0.1) is 12.6 Å². The number of hydrogen-bond acceptors (Lipinski definition) is 3. The molecule has 0 radical (unpaired) electrons. The molecule has 0 aromatic rings. The summed E-state index contributed by atoms with van der Waals surface area (Å²) in [6, 6.07) is 2.09. The fourth-order valence-corrected chi connectivity index (χ4v) is 1.82. The topological polar surface area (TPSA) is 39.1 Å². The van der Waals surface area contributed by atoms with Crippen LogP contribution in [0.3, 0.4) is 0 Å². The van der Waals surface area contributed by atoms with Gasteiger partial charge in [0.1, 0.15) is 5.54 Å². The minimum absolute atomic E-state index is 0.130. The van der Waals surface area contributed by atoms with Crippen molar-refractivity contribution in [2.24, 2.45) is 0 Å². The lowest BCUT2D eigenvalue weighted by Gasteiger charge is -2.23. The smallest absolute Gasteiger partial charge is 0.301 e. The number of hydrogen-bond donors (Lipinski definition) is 1. The third-order valence-corrected chi connectivity index (χ3v) is 2.76. The molecule has 0 saturated carbocycles. The second kappa shape index (κ2) is 3.99. The molecule has 3 nitrogen and oxygen atoms in total. The molecule has 15 heavy (non-hydrogen) atoms. The minimum atomic E-state index is -4.27. The van der Waals surface area contributed by atoms with E-state index in [4.69, 9.17) is 5.26 Å². The summed E-state index contributed by atoms with van der Waals surface area (Å²) in [4.78, 5) is 1.88. The molecule has 1 fully saturated rings. The summed E-state index contributed by atoms with van der Waals surface area (Å²) in [5, 5.41) is 11.3. The summed E-state index contributed by atoms with van der Waals surface area (Å²) < 4.78 is 36.1. The van der Waals surface area contributed by atoms with Crippen molar-refractivity contribution in [1.29, 1.82) is 5.26 Å². The van der Waals surface area contributed by atoms with Gasteiger partial charge in [-0.15, -0.1) is 0 Å². The first-order valence-corrected chi connectivity index (χ1v) is 4.71. The van der Waals surface area contributed by atoms with Crippen molar-refractivity contribution >= 4 is 0 Å². The van der Waals surface area contributed by atoms with Crippen LogP contribution in [-0.4, -0.2) is 42.8 Å². The maximum absolute atomic E-state index is 12.0. The second-order valence-electron chi connectivity index (χ2n) is 4.13. The summed E-state index contributed by atoms with van der Waals surface area (Å²) in [6.07, 6.45) is -3.84. The Bertz CT molecular complexity index is 259. The minimum Gasteiger partial charge on any atom is -0.301 e. The van der Waals surface area contributed by atoms with Crippen molar-refractivity contribution in [1.82, 2.24) is 10.2 Å². The Morgan fingerprint density at radius 2 is 2.20 bits per heavy atom. The van der Waals surface area contributed by atoms with Crippen molar-refractivity contribution in [3.8, 4) is 6.07 Å². The highest BCUT2D eigenvalue weighted by Gasteiger charge is 2.43. The molecule has 0 aromatic carbocycles. The number of likely N-dealkylation sites (N-methyl/N-ethyl adjacent to an activating group) is 1. The van der Waals surface area contributed by atoms with Gasteiger partial charge in [-0.2, -0.15) is 18.4 Å². The Morgan fingerprint density at radius 3 is 2.53 bits per heavy atom. The monoisotopic (exact) mass is 221 g/mol. The number of nitriles is 1. The van der Waals surface area contributed by atoms with Crippen LogP contribution < -0.4 is 5.32 Å². The average Bonchev–Trinajstić information content (AvgIpc) is 2.40. The molecule has 1 saturated heterocycles. The highest BCUT2D eigenvalue weighted by molar-refractivity contribution is 5.14. The summed E-state index contributed by atoms with van der Waals surface area (Å²) in [6.45, 7) is 1.12. The molecule has 1 rings (SSSR count). The molecule has 0 aromatic heterocycles. The van der Waals surface area contributed by atoms with Crippen LogP contribution in [0.4, 0.5) is 13.2 Å². The van der Waals surface area contributed by atoms with Crippen LogP contribution in [0.1, 0.15) is 13.3 Å². The fraction of sp³-hybridized carbons (Fsp3) is 0.889. The van der Waals surface area contributed by atoms with Crippen molar-refractivity contribution in [2.45, 2.75) is 31.1 Å². The van der Waals surface area contributed by atoms with E-state index in [0.717, 1.165) is 0 Å². The number of nitrogens with zero attached hydrogens (tertiary/aromatic N) is 2. The lowest BCUT2D eigenvalue weighted by Crippen LogP contribution is -2.49. The molecule has 2 atom stereocenters. The lowest BCUT2D eigenvalue weighted by atomic mass is 9.98. The number of halogens is 3. The average molecular weight is 221 g/mol. The molecule has 1 heterocycles. The van der Waals surface area contributed by atoms with Crippen LogP contribution in [0.2, 0.25) is 0 Å². The van der Waals surface area contributed by atoms with Crippen molar-refractivity contribution in [2.75, 3.05) is 20.1 Å². The van der Waals surface area contributed by atoms with Gasteiger partial charge >= 0.3 is 6.18 Å². The van der Waals surface area contributed by atoms with Gasteiger partial charge < -0.3 is 4.90 Å². The number of alkyl halides is 3. The maximum Gasteiger partial charge on any atom is 0.401 e. The van der Waals surface area contributed by atoms with E-state index in [2.05, 4.69) is 5.32 Å². The largest absolute Gasteiger partial charge is 0.401 e. The molecule has 0 bridgehead atoms. The Hall–Kier alpha value is -0.800. The fourth-order valence-electron chi connectivity index (χ4n) is 1.82. The predicted octanol–water partition coefficient (Wildman–Crippen LogP) is 1.12. The van der Waals surface area contributed by atoms with Gasteiger partial charge in [-0.05, 0) is 20.4 Å². The summed E-state index contributed by atoms with van der Waals surface area (Å²) in [7, 11) is 1.80. The van der Waals surface area contributed by atoms with Gasteiger partial charge in [0.15, 0.2) is 0 Å². The van der Waals surface area contributed by atoms with Crippen LogP contribution in [-0.2, 0) is 0 Å². The molecule has 1 aliphatic rings. The van der Waals surface area contributed by atoms with Gasteiger partial charge in [0.2, 0.25) is 0 Å². The summed E-state index contributed by atoms with van der Waals surface area (Å²) in [5.41, 5.74) is -1.05. The van der Waals surface area contributed by atoms with E-state index in [9.17, 15) is 13.2 Å². The highest BCUT2D eigenvalue weighted by atomic mass is 19.4. The first-order valence-electron chi connectivity index (χ1n) is 4.71. The van der Waals surface area contributed by atoms with Crippen molar-refractivity contribution < 1.29 is 13.2 Å². The van der Waals surface area contributed by atoms with E-state index in [0.29, 0.717) is 13.0 Å². The van der Waals surface area contributed by atoms with E-state index in [1.54, 1.807) is 7.05 Å². The zero-order valence-corrected chi connectivity index (χ0v) is 8.73. The molecule has 1 aliphatic heterocycles. The zero-order chi connectivity index (χ0) is 11.7. The third-order valence-electron chi connectivity index (χ3n) is 2.76. The number of likely N-dealkylation sites (tertiary alicyclic amines) is 1. The quantitative estimate of drug-likeness (QED) is 0.759. The van der Waals surface area contributed by atoms with E-state index in [-0.39, 0.29) is 6.04 Å². The molecule has 1 N–H and O–H groups in total. The standard InChI is InChI=1S/C9H14F3N3/c1-7-3-8(4-13,6-15(7)2)14-5-9(10,11)12/h7,14H,3,5-6H2,1-2H3. The second-order valence-corrected chi connectivity index (χ2v) is 4.13. The first-order chi connectivity index (χ1) is 6.78. The van der Waals surface area contributed by atoms with Gasteiger partial charge in [-0.25, -0.2) is 0 Å². The van der Waals surface area contributed by atoms with E-state index >= 15 is 0 Å². The van der Waals surface area contributed by atoms with Gasteiger partial charge in [-0.1, -0.05) is 0 Å². The zero-order valence-electron chi connectivity index (χ0n) is 8.73. The SMILES string of the molecule is CC1CC(C#N)(NCC(F)(F)F)CN1C. The predicted molar refractivity (Wildman–Crippen MR) is 49.1 cm³/mol.